The summed E-state index contributed by atoms with van der Waals surface area (Å²) in [6.45, 7) is 13.9. The van der Waals surface area contributed by atoms with E-state index in [4.69, 9.17) is 0 Å². The summed E-state index contributed by atoms with van der Waals surface area (Å²) in [7, 11) is 0. The first-order valence-electron chi connectivity index (χ1n) is 11.2. The normalized spacial score (nSPS) is 14.9. The lowest BCUT2D eigenvalue weighted by Gasteiger charge is -2.22. The van der Waals surface area contributed by atoms with E-state index >= 15 is 0 Å². The van der Waals surface area contributed by atoms with Gasteiger partial charge >= 0.3 is 0 Å². The average molecular weight is 365 g/mol. The fourth-order valence-electron chi connectivity index (χ4n) is 4.29. The molecule has 0 aliphatic rings. The number of rotatable bonds is 10. The van der Waals surface area contributed by atoms with Gasteiger partial charge in [-0.2, -0.15) is 0 Å². The monoisotopic (exact) mass is 364 g/mol. The van der Waals surface area contributed by atoms with Gasteiger partial charge in [0.1, 0.15) is 0 Å². The van der Waals surface area contributed by atoms with E-state index < -0.39 is 0 Å². The van der Waals surface area contributed by atoms with E-state index in [1.54, 1.807) is 0 Å². The number of hydrogen-bond donors (Lipinski definition) is 0. The fraction of sp³-hybridized carbons (Fsp3) is 0.556. The summed E-state index contributed by atoms with van der Waals surface area (Å²) in [6, 6.07) is 18.9. The summed E-state index contributed by atoms with van der Waals surface area (Å²) in [5, 5.41) is 0. The summed E-state index contributed by atoms with van der Waals surface area (Å²) >= 11 is 0. The Labute approximate surface area is 168 Å². The lowest BCUT2D eigenvalue weighted by molar-refractivity contribution is 0.544. The highest BCUT2D eigenvalue weighted by molar-refractivity contribution is 5.30. The van der Waals surface area contributed by atoms with Crippen molar-refractivity contribution in [1.82, 2.24) is 0 Å². The van der Waals surface area contributed by atoms with Gasteiger partial charge in [0.05, 0.1) is 0 Å². The van der Waals surface area contributed by atoms with Crippen molar-refractivity contribution >= 4 is 0 Å². The minimum absolute atomic E-state index is 0.597. The minimum Gasteiger partial charge on any atom is -0.0648 e. The van der Waals surface area contributed by atoms with Crippen molar-refractivity contribution < 1.29 is 0 Å². The first-order chi connectivity index (χ1) is 13.0. The van der Waals surface area contributed by atoms with Gasteiger partial charge in [-0.25, -0.2) is 0 Å². The fourth-order valence-corrected chi connectivity index (χ4v) is 4.29. The summed E-state index contributed by atoms with van der Waals surface area (Å²) in [6.07, 6.45) is 6.11. The van der Waals surface area contributed by atoms with Crippen LogP contribution in [0.25, 0.3) is 0 Å². The third kappa shape index (κ3) is 5.71. The van der Waals surface area contributed by atoms with Gasteiger partial charge in [-0.15, -0.1) is 0 Å². The predicted molar refractivity (Wildman–Crippen MR) is 121 cm³/mol. The highest BCUT2D eigenvalue weighted by Gasteiger charge is 2.16. The molecule has 0 aliphatic carbocycles. The third-order valence-corrected chi connectivity index (χ3v) is 6.68. The van der Waals surface area contributed by atoms with E-state index in [9.17, 15) is 0 Å². The van der Waals surface area contributed by atoms with Crippen LogP contribution in [0.2, 0.25) is 0 Å². The second kappa shape index (κ2) is 10.7. The zero-order valence-corrected chi connectivity index (χ0v) is 18.5. The third-order valence-electron chi connectivity index (χ3n) is 6.68. The molecule has 0 bridgehead atoms. The molecule has 0 N–H and O–H groups in total. The van der Waals surface area contributed by atoms with Crippen LogP contribution < -0.4 is 0 Å². The summed E-state index contributed by atoms with van der Waals surface area (Å²) in [5.74, 6) is 2.61. The molecule has 0 heteroatoms. The Bertz CT molecular complexity index is 645. The molecular weight excluding hydrogens is 324 g/mol. The average Bonchev–Trinajstić information content (AvgIpc) is 2.72. The molecule has 0 saturated heterocycles. The van der Waals surface area contributed by atoms with E-state index in [0.717, 1.165) is 0 Å². The van der Waals surface area contributed by atoms with Crippen LogP contribution in [0.3, 0.4) is 0 Å². The Morgan fingerprint density at radius 2 is 0.852 bits per heavy atom. The highest BCUT2D eigenvalue weighted by Crippen LogP contribution is 2.33. The second-order valence-electron chi connectivity index (χ2n) is 8.40. The second-order valence-corrected chi connectivity index (χ2v) is 8.40. The summed E-state index contributed by atoms with van der Waals surface area (Å²) < 4.78 is 0. The van der Waals surface area contributed by atoms with Crippen LogP contribution in [0.5, 0.6) is 0 Å². The Morgan fingerprint density at radius 3 is 1.26 bits per heavy atom. The SMILES string of the molecule is CCC(C)c1ccc(C(CC)CC(C)c2ccc(C(CC)CC)cc2)cc1. The van der Waals surface area contributed by atoms with Gasteiger partial charge in [-0.3, -0.25) is 0 Å². The van der Waals surface area contributed by atoms with Crippen LogP contribution in [0, 0.1) is 0 Å². The molecule has 2 aromatic carbocycles. The van der Waals surface area contributed by atoms with Gasteiger partial charge in [0.15, 0.2) is 0 Å². The molecule has 2 rings (SSSR count). The maximum Gasteiger partial charge on any atom is -0.0159 e. The van der Waals surface area contributed by atoms with Crippen molar-refractivity contribution in [2.24, 2.45) is 0 Å². The number of benzene rings is 2. The van der Waals surface area contributed by atoms with Gasteiger partial charge in [-0.1, -0.05) is 90.1 Å². The molecule has 0 saturated carbocycles. The van der Waals surface area contributed by atoms with Crippen molar-refractivity contribution in [2.45, 2.75) is 97.3 Å². The smallest absolute Gasteiger partial charge is 0.0159 e. The zero-order valence-electron chi connectivity index (χ0n) is 18.5. The van der Waals surface area contributed by atoms with Crippen LogP contribution in [-0.2, 0) is 0 Å². The van der Waals surface area contributed by atoms with E-state index in [-0.39, 0.29) is 0 Å². The van der Waals surface area contributed by atoms with Crippen LogP contribution in [0.15, 0.2) is 48.5 Å². The van der Waals surface area contributed by atoms with Gasteiger partial charge in [0.25, 0.3) is 0 Å². The predicted octanol–water partition coefficient (Wildman–Crippen LogP) is 8.79. The summed E-state index contributed by atoms with van der Waals surface area (Å²) in [5.41, 5.74) is 5.97. The van der Waals surface area contributed by atoms with Gasteiger partial charge in [0.2, 0.25) is 0 Å². The number of hydrogen-bond acceptors (Lipinski definition) is 0. The minimum atomic E-state index is 0.597. The maximum atomic E-state index is 2.39. The van der Waals surface area contributed by atoms with Crippen molar-refractivity contribution in [3.8, 4) is 0 Å². The molecule has 0 heterocycles. The van der Waals surface area contributed by atoms with E-state index in [1.165, 1.54) is 54.4 Å². The van der Waals surface area contributed by atoms with Crippen LogP contribution in [0.1, 0.15) is 120 Å². The van der Waals surface area contributed by atoms with Gasteiger partial charge < -0.3 is 0 Å². The molecule has 2 aromatic rings. The Kier molecular flexibility index (Phi) is 8.61. The topological polar surface area (TPSA) is 0 Å². The van der Waals surface area contributed by atoms with Crippen LogP contribution in [-0.4, -0.2) is 0 Å². The maximum absolute atomic E-state index is 2.39. The molecule has 0 aliphatic heterocycles. The van der Waals surface area contributed by atoms with Crippen molar-refractivity contribution in [1.29, 1.82) is 0 Å². The van der Waals surface area contributed by atoms with E-state index in [2.05, 4.69) is 90.1 Å². The van der Waals surface area contributed by atoms with Crippen molar-refractivity contribution in [3.63, 3.8) is 0 Å². The molecule has 0 radical (unpaired) electrons. The first kappa shape index (κ1) is 21.7. The van der Waals surface area contributed by atoms with Crippen LogP contribution in [0.4, 0.5) is 0 Å². The lowest BCUT2D eigenvalue weighted by Crippen LogP contribution is -2.05. The van der Waals surface area contributed by atoms with Gasteiger partial charge in [-0.05, 0) is 78.0 Å². The molecule has 3 atom stereocenters. The first-order valence-corrected chi connectivity index (χ1v) is 11.2. The van der Waals surface area contributed by atoms with Crippen molar-refractivity contribution in [3.05, 3.63) is 70.8 Å². The standard InChI is InChI=1S/C27H40/c1-7-20(5)24-11-17-27(18-12-24)23(10-4)19-21(6)25-13-15-26(16-14-25)22(8-2)9-3/h11-18,20-23H,7-10,19H2,1-6H3. The molecule has 3 unspecified atom stereocenters. The zero-order chi connectivity index (χ0) is 19.8. The molecule has 0 spiro atoms. The Balaban J connectivity index is 2.06. The molecule has 148 valence electrons. The molecular formula is C27H40. The molecule has 0 fully saturated rings. The Morgan fingerprint density at radius 1 is 0.481 bits per heavy atom. The highest BCUT2D eigenvalue weighted by atomic mass is 14.2. The van der Waals surface area contributed by atoms with Crippen LogP contribution >= 0.6 is 0 Å². The van der Waals surface area contributed by atoms with E-state index in [0.29, 0.717) is 23.7 Å². The van der Waals surface area contributed by atoms with Gasteiger partial charge in [0, 0.05) is 0 Å². The summed E-state index contributed by atoms with van der Waals surface area (Å²) in [4.78, 5) is 0. The molecule has 0 aromatic heterocycles. The van der Waals surface area contributed by atoms with Crippen molar-refractivity contribution in [2.75, 3.05) is 0 Å². The van der Waals surface area contributed by atoms with E-state index in [1.807, 2.05) is 0 Å². The molecule has 27 heavy (non-hydrogen) atoms. The Hall–Kier alpha value is -1.56. The quantitative estimate of drug-likeness (QED) is 0.395. The lowest BCUT2D eigenvalue weighted by atomic mass is 9.83. The largest absolute Gasteiger partial charge is 0.0648 e. The molecule has 0 amide bonds. The molecule has 0 nitrogen and oxygen atoms in total.